The van der Waals surface area contributed by atoms with Gasteiger partial charge in [-0.05, 0) is 19.3 Å². The number of carbonyl (C=O) groups excluding carboxylic acids is 1. The maximum absolute atomic E-state index is 11.5. The highest BCUT2D eigenvalue weighted by atomic mass is 16.2. The summed E-state index contributed by atoms with van der Waals surface area (Å²) in [5.41, 5.74) is 5.29. The Labute approximate surface area is 88.7 Å². The van der Waals surface area contributed by atoms with Gasteiger partial charge >= 0.3 is 0 Å². The van der Waals surface area contributed by atoms with Crippen LogP contribution in [-0.4, -0.2) is 27.1 Å². The molecule has 1 aromatic rings. The molecular weight excluding hydrogens is 194 g/mol. The summed E-state index contributed by atoms with van der Waals surface area (Å²) in [5.74, 6) is 0.507. The Morgan fingerprint density at radius 1 is 1.53 bits per heavy atom. The van der Waals surface area contributed by atoms with Gasteiger partial charge in [0.2, 0.25) is 11.8 Å². The lowest BCUT2D eigenvalue weighted by molar-refractivity contribution is 0.0926. The number of nitrogen functional groups attached to an aromatic ring is 1. The third kappa shape index (κ3) is 3.57. The maximum atomic E-state index is 11.5. The molecule has 0 aliphatic carbocycles. The predicted molar refractivity (Wildman–Crippen MR) is 57.2 cm³/mol. The largest absolute Gasteiger partial charge is 0.366 e. The summed E-state index contributed by atoms with van der Waals surface area (Å²) in [5, 5.41) is 8.87. The van der Waals surface area contributed by atoms with Crippen molar-refractivity contribution >= 4 is 11.9 Å². The molecule has 0 spiro atoms. The summed E-state index contributed by atoms with van der Waals surface area (Å²) < 4.78 is 0. The van der Waals surface area contributed by atoms with Crippen molar-refractivity contribution in [1.82, 2.24) is 20.5 Å². The van der Waals surface area contributed by atoms with Gasteiger partial charge in [-0.1, -0.05) is 13.8 Å². The van der Waals surface area contributed by atoms with Crippen molar-refractivity contribution in [2.45, 2.75) is 33.2 Å². The Hall–Kier alpha value is -1.59. The van der Waals surface area contributed by atoms with Gasteiger partial charge < -0.3 is 11.1 Å². The van der Waals surface area contributed by atoms with E-state index in [1.165, 1.54) is 0 Å². The fraction of sp³-hybridized carbons (Fsp3) is 0.667. The zero-order valence-corrected chi connectivity index (χ0v) is 9.24. The van der Waals surface area contributed by atoms with Crippen LogP contribution in [0.25, 0.3) is 0 Å². The molecule has 1 amide bonds. The highest BCUT2D eigenvalue weighted by Crippen LogP contribution is 2.04. The van der Waals surface area contributed by atoms with Crippen LogP contribution in [0.15, 0.2) is 0 Å². The topological polar surface area (TPSA) is 96.7 Å². The second-order valence-corrected chi connectivity index (χ2v) is 4.05. The number of aromatic amines is 1. The standard InChI is InChI=1S/C9H17N5O/c1-5(2)4-6(3)11-8(15)7-12-9(10)14-13-7/h5-6H,4H2,1-3H3,(H,11,15)(H3,10,12,13,14). The van der Waals surface area contributed by atoms with Crippen molar-refractivity contribution in [1.29, 1.82) is 0 Å². The van der Waals surface area contributed by atoms with Crippen molar-refractivity contribution in [2.75, 3.05) is 5.73 Å². The quantitative estimate of drug-likeness (QED) is 0.677. The number of rotatable bonds is 4. The van der Waals surface area contributed by atoms with Crippen LogP contribution in [0.2, 0.25) is 0 Å². The number of nitrogens with one attached hydrogen (secondary N) is 2. The van der Waals surface area contributed by atoms with Crippen molar-refractivity contribution in [3.63, 3.8) is 0 Å². The first-order valence-electron chi connectivity index (χ1n) is 4.97. The molecule has 0 bridgehead atoms. The molecule has 0 fully saturated rings. The molecule has 6 heteroatoms. The number of amides is 1. The van der Waals surface area contributed by atoms with Crippen LogP contribution in [0.1, 0.15) is 37.8 Å². The number of nitrogens with two attached hydrogens (primary N) is 1. The summed E-state index contributed by atoms with van der Waals surface area (Å²) in [6.07, 6.45) is 0.926. The molecule has 0 aliphatic rings. The zero-order valence-electron chi connectivity index (χ0n) is 9.24. The second kappa shape index (κ2) is 4.77. The van der Waals surface area contributed by atoms with Gasteiger partial charge in [0.1, 0.15) is 0 Å². The Balaban J connectivity index is 2.49. The van der Waals surface area contributed by atoms with Crippen molar-refractivity contribution in [3.05, 3.63) is 5.82 Å². The highest BCUT2D eigenvalue weighted by Gasteiger charge is 2.14. The molecule has 6 nitrogen and oxygen atoms in total. The fourth-order valence-electron chi connectivity index (χ4n) is 1.43. The summed E-state index contributed by atoms with van der Waals surface area (Å²) in [4.78, 5) is 15.3. The Morgan fingerprint density at radius 3 is 2.67 bits per heavy atom. The predicted octanol–water partition coefficient (Wildman–Crippen LogP) is 0.551. The molecular formula is C9H17N5O. The molecule has 0 saturated carbocycles. The molecule has 1 atom stereocenters. The molecule has 1 unspecified atom stereocenters. The number of anilines is 1. The number of carbonyl (C=O) groups is 1. The average Bonchev–Trinajstić information content (AvgIpc) is 2.49. The van der Waals surface area contributed by atoms with Gasteiger partial charge in [0.05, 0.1) is 0 Å². The van der Waals surface area contributed by atoms with Crippen molar-refractivity contribution in [2.24, 2.45) is 5.92 Å². The first-order chi connectivity index (χ1) is 6.99. The average molecular weight is 211 g/mol. The van der Waals surface area contributed by atoms with E-state index in [1.54, 1.807) is 0 Å². The van der Waals surface area contributed by atoms with Gasteiger partial charge in [-0.15, -0.1) is 5.10 Å². The van der Waals surface area contributed by atoms with E-state index in [0.29, 0.717) is 5.92 Å². The van der Waals surface area contributed by atoms with Crippen LogP contribution in [-0.2, 0) is 0 Å². The van der Waals surface area contributed by atoms with Crippen molar-refractivity contribution in [3.8, 4) is 0 Å². The number of H-pyrrole nitrogens is 1. The summed E-state index contributed by atoms with van der Waals surface area (Å²) in [6.45, 7) is 6.17. The third-order valence-electron chi connectivity index (χ3n) is 1.92. The minimum absolute atomic E-state index is 0.0802. The molecule has 15 heavy (non-hydrogen) atoms. The van der Waals surface area contributed by atoms with E-state index >= 15 is 0 Å². The first-order valence-corrected chi connectivity index (χ1v) is 4.97. The SMILES string of the molecule is CC(C)CC(C)NC(=O)c1nc(N)n[nH]1. The normalized spacial score (nSPS) is 12.8. The van der Waals surface area contributed by atoms with E-state index in [4.69, 9.17) is 5.73 Å². The Bertz CT molecular complexity index is 333. The van der Waals surface area contributed by atoms with Crippen LogP contribution in [0.3, 0.4) is 0 Å². The maximum Gasteiger partial charge on any atom is 0.288 e. The van der Waals surface area contributed by atoms with Gasteiger partial charge in [0, 0.05) is 6.04 Å². The fourth-order valence-corrected chi connectivity index (χ4v) is 1.43. The highest BCUT2D eigenvalue weighted by molar-refractivity contribution is 5.90. The smallest absolute Gasteiger partial charge is 0.288 e. The second-order valence-electron chi connectivity index (χ2n) is 4.05. The number of hydrogen-bond donors (Lipinski definition) is 3. The Morgan fingerprint density at radius 2 is 2.20 bits per heavy atom. The number of hydrogen-bond acceptors (Lipinski definition) is 4. The van der Waals surface area contributed by atoms with E-state index < -0.39 is 0 Å². The van der Waals surface area contributed by atoms with E-state index in [2.05, 4.69) is 34.3 Å². The molecule has 0 aliphatic heterocycles. The van der Waals surface area contributed by atoms with E-state index in [9.17, 15) is 4.79 Å². The van der Waals surface area contributed by atoms with Crippen molar-refractivity contribution < 1.29 is 4.79 Å². The zero-order chi connectivity index (χ0) is 11.4. The van der Waals surface area contributed by atoms with E-state index in [-0.39, 0.29) is 23.7 Å². The minimum Gasteiger partial charge on any atom is -0.366 e. The molecule has 84 valence electrons. The van der Waals surface area contributed by atoms with Crippen LogP contribution < -0.4 is 11.1 Å². The molecule has 0 saturated heterocycles. The monoisotopic (exact) mass is 211 g/mol. The van der Waals surface area contributed by atoms with Crippen LogP contribution in [0, 0.1) is 5.92 Å². The number of nitrogens with zero attached hydrogens (tertiary/aromatic N) is 2. The summed E-state index contributed by atoms with van der Waals surface area (Å²) >= 11 is 0. The van der Waals surface area contributed by atoms with Crippen LogP contribution >= 0.6 is 0 Å². The summed E-state index contributed by atoms with van der Waals surface area (Å²) in [7, 11) is 0. The van der Waals surface area contributed by atoms with E-state index in [0.717, 1.165) is 6.42 Å². The third-order valence-corrected chi connectivity index (χ3v) is 1.92. The Kier molecular flexibility index (Phi) is 3.65. The summed E-state index contributed by atoms with van der Waals surface area (Å²) in [6, 6.07) is 0.115. The lowest BCUT2D eigenvalue weighted by Gasteiger charge is -2.14. The molecule has 4 N–H and O–H groups in total. The van der Waals surface area contributed by atoms with Gasteiger partial charge in [-0.25, -0.2) is 0 Å². The lowest BCUT2D eigenvalue weighted by Crippen LogP contribution is -2.34. The van der Waals surface area contributed by atoms with Gasteiger partial charge in [-0.3, -0.25) is 9.89 Å². The van der Waals surface area contributed by atoms with Gasteiger partial charge in [0.25, 0.3) is 5.91 Å². The first kappa shape index (κ1) is 11.5. The van der Waals surface area contributed by atoms with Gasteiger partial charge in [0.15, 0.2) is 0 Å². The molecule has 1 aromatic heterocycles. The molecule has 1 heterocycles. The lowest BCUT2D eigenvalue weighted by atomic mass is 10.1. The van der Waals surface area contributed by atoms with E-state index in [1.807, 2.05) is 6.92 Å². The molecule has 0 radical (unpaired) electrons. The molecule has 1 rings (SSSR count). The van der Waals surface area contributed by atoms with Gasteiger partial charge in [-0.2, -0.15) is 4.98 Å². The van der Waals surface area contributed by atoms with Crippen LogP contribution in [0.4, 0.5) is 5.95 Å². The number of aromatic nitrogens is 3. The molecule has 0 aromatic carbocycles. The minimum atomic E-state index is -0.271. The van der Waals surface area contributed by atoms with Crippen LogP contribution in [0.5, 0.6) is 0 Å².